The summed E-state index contributed by atoms with van der Waals surface area (Å²) in [6.07, 6.45) is -0.646. The third-order valence-electron chi connectivity index (χ3n) is 5.41. The first kappa shape index (κ1) is 22.1. The van der Waals surface area contributed by atoms with E-state index in [1.165, 1.54) is 12.1 Å². The van der Waals surface area contributed by atoms with Crippen molar-refractivity contribution in [1.82, 2.24) is 15.3 Å². The number of halogens is 3. The summed E-state index contributed by atoms with van der Waals surface area (Å²) in [5, 5.41) is 6.53. The van der Waals surface area contributed by atoms with Crippen LogP contribution in [-0.4, -0.2) is 42.5 Å². The monoisotopic (exact) mass is 423 g/mol. The molecular formula is C21H28F3N5O. The molecule has 2 aromatic rings. The lowest BCUT2D eigenvalue weighted by Gasteiger charge is -2.36. The van der Waals surface area contributed by atoms with E-state index in [1.807, 2.05) is 20.0 Å². The van der Waals surface area contributed by atoms with Crippen molar-refractivity contribution in [1.29, 1.82) is 0 Å². The zero-order chi connectivity index (χ0) is 21.7. The van der Waals surface area contributed by atoms with E-state index in [0.717, 1.165) is 48.7 Å². The second-order valence-corrected chi connectivity index (χ2v) is 7.60. The normalized spacial score (nSPS) is 19.4. The second-order valence-electron chi connectivity index (χ2n) is 7.60. The predicted molar refractivity (Wildman–Crippen MR) is 111 cm³/mol. The first-order chi connectivity index (χ1) is 14.2. The van der Waals surface area contributed by atoms with Crippen LogP contribution in [0.15, 0.2) is 30.3 Å². The number of aromatic nitrogens is 2. The summed E-state index contributed by atoms with van der Waals surface area (Å²) in [7, 11) is 3.90. The fourth-order valence-electron chi connectivity index (χ4n) is 3.83. The van der Waals surface area contributed by atoms with Gasteiger partial charge >= 0.3 is 6.36 Å². The van der Waals surface area contributed by atoms with Crippen molar-refractivity contribution >= 4 is 11.6 Å². The Morgan fingerprint density at radius 2 is 1.87 bits per heavy atom. The molecule has 1 saturated carbocycles. The van der Waals surface area contributed by atoms with E-state index in [2.05, 4.69) is 37.3 Å². The molecule has 6 nitrogen and oxygen atoms in total. The Kier molecular flexibility index (Phi) is 7.02. The summed E-state index contributed by atoms with van der Waals surface area (Å²) in [6, 6.07) is 8.79. The van der Waals surface area contributed by atoms with Crippen LogP contribution in [-0.2, 0) is 6.54 Å². The highest BCUT2D eigenvalue weighted by Crippen LogP contribution is 2.27. The van der Waals surface area contributed by atoms with E-state index < -0.39 is 6.36 Å². The quantitative estimate of drug-likeness (QED) is 0.694. The number of alkyl halides is 3. The smallest absolute Gasteiger partial charge is 0.406 e. The highest BCUT2D eigenvalue weighted by Gasteiger charge is 2.31. The van der Waals surface area contributed by atoms with Gasteiger partial charge in [0.05, 0.1) is 0 Å². The van der Waals surface area contributed by atoms with Crippen LogP contribution in [0.4, 0.5) is 24.8 Å². The van der Waals surface area contributed by atoms with E-state index in [0.29, 0.717) is 18.6 Å². The summed E-state index contributed by atoms with van der Waals surface area (Å²) in [5.41, 5.74) is 0.770. The largest absolute Gasteiger partial charge is 0.573 e. The Hall–Kier alpha value is -2.55. The molecule has 164 valence electrons. The molecule has 0 aliphatic heterocycles. The van der Waals surface area contributed by atoms with Gasteiger partial charge in [0.15, 0.2) is 0 Å². The van der Waals surface area contributed by atoms with Gasteiger partial charge in [-0.2, -0.15) is 0 Å². The van der Waals surface area contributed by atoms with Gasteiger partial charge in [0.2, 0.25) is 0 Å². The van der Waals surface area contributed by atoms with E-state index in [4.69, 9.17) is 0 Å². The molecule has 30 heavy (non-hydrogen) atoms. The number of aryl methyl sites for hydroxylation is 1. The van der Waals surface area contributed by atoms with E-state index >= 15 is 0 Å². The Morgan fingerprint density at radius 1 is 1.13 bits per heavy atom. The maximum absolute atomic E-state index is 12.4. The highest BCUT2D eigenvalue weighted by molar-refractivity contribution is 5.49. The molecule has 1 aliphatic carbocycles. The number of hydrogen-bond donors (Lipinski definition) is 2. The summed E-state index contributed by atoms with van der Waals surface area (Å²) in [5.74, 6) is 2.25. The first-order valence-electron chi connectivity index (χ1n) is 10.1. The van der Waals surface area contributed by atoms with E-state index in [9.17, 15) is 13.2 Å². The maximum atomic E-state index is 12.4. The minimum absolute atomic E-state index is 0.187. The van der Waals surface area contributed by atoms with Gasteiger partial charge in [-0.3, -0.25) is 0 Å². The lowest BCUT2D eigenvalue weighted by molar-refractivity contribution is -0.274. The van der Waals surface area contributed by atoms with Crippen molar-refractivity contribution in [3.63, 3.8) is 0 Å². The van der Waals surface area contributed by atoms with Gasteiger partial charge in [-0.05, 0) is 50.3 Å². The molecule has 0 radical (unpaired) electrons. The van der Waals surface area contributed by atoms with Gasteiger partial charge in [-0.25, -0.2) is 9.97 Å². The summed E-state index contributed by atoms with van der Waals surface area (Å²) in [4.78, 5) is 11.1. The molecule has 3 rings (SSSR count). The van der Waals surface area contributed by atoms with Gasteiger partial charge in [-0.15, -0.1) is 13.2 Å². The molecule has 1 fully saturated rings. The molecule has 0 atom stereocenters. The van der Waals surface area contributed by atoms with Crippen molar-refractivity contribution in [3.05, 3.63) is 41.7 Å². The van der Waals surface area contributed by atoms with E-state index in [-0.39, 0.29) is 5.75 Å². The van der Waals surface area contributed by atoms with Crippen molar-refractivity contribution in [2.24, 2.45) is 0 Å². The van der Waals surface area contributed by atoms with Crippen molar-refractivity contribution < 1.29 is 17.9 Å². The number of ether oxygens (including phenoxy) is 1. The maximum Gasteiger partial charge on any atom is 0.573 e. The van der Waals surface area contributed by atoms with Gasteiger partial charge < -0.3 is 20.3 Å². The Bertz CT molecular complexity index is 838. The van der Waals surface area contributed by atoms with Crippen LogP contribution < -0.4 is 20.3 Å². The first-order valence-corrected chi connectivity index (χ1v) is 10.1. The topological polar surface area (TPSA) is 62.3 Å². The zero-order valence-corrected chi connectivity index (χ0v) is 17.5. The van der Waals surface area contributed by atoms with Gasteiger partial charge in [0.1, 0.15) is 23.2 Å². The molecule has 1 aromatic carbocycles. The standard InChI is InChI=1S/C21H28F3N5O/c1-14-27-19(25-2)12-20(28-14)29(3)17-9-7-16(8-10-17)26-13-15-5-4-6-18(11-15)30-21(22,23)24/h4-6,11-12,16-17,26H,7-10,13H2,1-3H3,(H,25,27,28)/t16-,17+. The van der Waals surface area contributed by atoms with Crippen LogP contribution >= 0.6 is 0 Å². The number of benzene rings is 1. The van der Waals surface area contributed by atoms with Crippen molar-refractivity contribution in [3.8, 4) is 5.75 Å². The van der Waals surface area contributed by atoms with Crippen LogP contribution in [0.1, 0.15) is 37.1 Å². The minimum atomic E-state index is -4.67. The third-order valence-corrected chi connectivity index (χ3v) is 5.41. The molecule has 9 heteroatoms. The average molecular weight is 423 g/mol. The summed E-state index contributed by atoms with van der Waals surface area (Å²) < 4.78 is 41.1. The SMILES string of the molecule is CNc1cc(N(C)[C@H]2CC[C@@H](NCc3cccc(OC(F)(F)F)c3)CC2)nc(C)n1. The van der Waals surface area contributed by atoms with Crippen LogP contribution in [0.25, 0.3) is 0 Å². The molecular weight excluding hydrogens is 395 g/mol. The zero-order valence-electron chi connectivity index (χ0n) is 17.5. The van der Waals surface area contributed by atoms with Crippen molar-refractivity contribution in [2.45, 2.75) is 57.6 Å². The second kappa shape index (κ2) is 9.51. The molecule has 0 unspecified atom stereocenters. The molecule has 0 saturated heterocycles. The average Bonchev–Trinajstić information content (AvgIpc) is 2.70. The van der Waals surface area contributed by atoms with Crippen LogP contribution in [0, 0.1) is 6.92 Å². The number of hydrogen-bond acceptors (Lipinski definition) is 6. The van der Waals surface area contributed by atoms with Crippen LogP contribution in [0.2, 0.25) is 0 Å². The lowest BCUT2D eigenvalue weighted by atomic mass is 9.90. The van der Waals surface area contributed by atoms with Crippen molar-refractivity contribution in [2.75, 3.05) is 24.3 Å². The highest BCUT2D eigenvalue weighted by atomic mass is 19.4. The summed E-state index contributed by atoms with van der Waals surface area (Å²) in [6.45, 7) is 2.39. The number of nitrogens with one attached hydrogen (secondary N) is 2. The third kappa shape index (κ3) is 6.22. The molecule has 0 bridgehead atoms. The van der Waals surface area contributed by atoms with Crippen LogP contribution in [0.5, 0.6) is 5.75 Å². The van der Waals surface area contributed by atoms with Gasteiger partial charge in [0.25, 0.3) is 0 Å². The fourth-order valence-corrected chi connectivity index (χ4v) is 3.83. The molecule has 1 aromatic heterocycles. The molecule has 2 N–H and O–H groups in total. The van der Waals surface area contributed by atoms with Gasteiger partial charge in [0, 0.05) is 38.8 Å². The molecule has 1 heterocycles. The van der Waals surface area contributed by atoms with Crippen LogP contribution in [0.3, 0.4) is 0 Å². The number of rotatable bonds is 7. The number of anilines is 2. The Morgan fingerprint density at radius 3 is 2.53 bits per heavy atom. The number of nitrogens with zero attached hydrogens (tertiary/aromatic N) is 3. The fraction of sp³-hybridized carbons (Fsp3) is 0.524. The molecule has 0 amide bonds. The predicted octanol–water partition coefficient (Wildman–Crippen LogP) is 4.26. The molecule has 0 spiro atoms. The van der Waals surface area contributed by atoms with E-state index in [1.54, 1.807) is 12.1 Å². The molecule has 1 aliphatic rings. The Balaban J connectivity index is 1.50. The minimum Gasteiger partial charge on any atom is -0.406 e. The Labute approximate surface area is 174 Å². The lowest BCUT2D eigenvalue weighted by Crippen LogP contribution is -2.41. The summed E-state index contributed by atoms with van der Waals surface area (Å²) >= 11 is 0. The van der Waals surface area contributed by atoms with Gasteiger partial charge in [-0.1, -0.05) is 12.1 Å².